The zero-order valence-electron chi connectivity index (χ0n) is 14.9. The number of hydrogen-bond donors (Lipinski definition) is 1. The van der Waals surface area contributed by atoms with Gasteiger partial charge in [0.2, 0.25) is 5.91 Å². The molecule has 138 valence electrons. The highest BCUT2D eigenvalue weighted by atomic mass is 19.1. The largest absolute Gasteiger partial charge is 0.497 e. The van der Waals surface area contributed by atoms with Crippen LogP contribution in [0.2, 0.25) is 0 Å². The normalized spacial score (nSPS) is 10.3. The first-order valence-electron chi connectivity index (χ1n) is 8.52. The van der Waals surface area contributed by atoms with Crippen molar-refractivity contribution in [2.75, 3.05) is 12.4 Å². The maximum Gasteiger partial charge on any atom is 0.228 e. The average molecular weight is 365 g/mol. The lowest BCUT2D eigenvalue weighted by atomic mass is 10.1. The topological polar surface area (TPSA) is 47.6 Å². The molecule has 0 atom stereocenters. The second-order valence-corrected chi connectivity index (χ2v) is 6.02. The standard InChI is InChI=1S/C22H20FNO3/c1-26-20-9-3-5-16(12-20)13-22(25)24-19-8-4-10-21(14-19)27-15-17-6-2-7-18(23)11-17/h2-12,14H,13,15H2,1H3,(H,24,25). The van der Waals surface area contributed by atoms with Crippen LogP contribution in [0.1, 0.15) is 11.1 Å². The summed E-state index contributed by atoms with van der Waals surface area (Å²) in [5.41, 5.74) is 2.24. The minimum atomic E-state index is -0.297. The van der Waals surface area contributed by atoms with E-state index in [0.29, 0.717) is 17.2 Å². The van der Waals surface area contributed by atoms with E-state index in [-0.39, 0.29) is 24.8 Å². The molecule has 0 radical (unpaired) electrons. The number of rotatable bonds is 7. The SMILES string of the molecule is COc1cccc(CC(=O)Nc2cccc(OCc3cccc(F)c3)c2)c1. The van der Waals surface area contributed by atoms with E-state index in [2.05, 4.69) is 5.32 Å². The molecule has 0 bridgehead atoms. The third-order valence-electron chi connectivity index (χ3n) is 3.91. The lowest BCUT2D eigenvalue weighted by Crippen LogP contribution is -2.14. The molecule has 0 spiro atoms. The Morgan fingerprint density at radius 1 is 0.926 bits per heavy atom. The van der Waals surface area contributed by atoms with Crippen LogP contribution in [0.25, 0.3) is 0 Å². The van der Waals surface area contributed by atoms with Gasteiger partial charge in [0.25, 0.3) is 0 Å². The van der Waals surface area contributed by atoms with Gasteiger partial charge in [-0.05, 0) is 47.5 Å². The van der Waals surface area contributed by atoms with Crippen LogP contribution in [-0.4, -0.2) is 13.0 Å². The molecule has 27 heavy (non-hydrogen) atoms. The van der Waals surface area contributed by atoms with Crippen LogP contribution in [-0.2, 0) is 17.8 Å². The molecule has 0 saturated heterocycles. The fourth-order valence-corrected chi connectivity index (χ4v) is 2.63. The molecule has 3 rings (SSSR count). The van der Waals surface area contributed by atoms with E-state index < -0.39 is 0 Å². The zero-order valence-corrected chi connectivity index (χ0v) is 14.9. The van der Waals surface area contributed by atoms with Crippen molar-refractivity contribution in [2.24, 2.45) is 0 Å². The van der Waals surface area contributed by atoms with Gasteiger partial charge in [0.1, 0.15) is 23.9 Å². The molecule has 3 aromatic carbocycles. The van der Waals surface area contributed by atoms with Gasteiger partial charge in [0, 0.05) is 11.8 Å². The fraction of sp³-hybridized carbons (Fsp3) is 0.136. The smallest absolute Gasteiger partial charge is 0.228 e. The summed E-state index contributed by atoms with van der Waals surface area (Å²) in [6.45, 7) is 0.249. The summed E-state index contributed by atoms with van der Waals surface area (Å²) in [4.78, 5) is 12.3. The van der Waals surface area contributed by atoms with Crippen molar-refractivity contribution in [1.29, 1.82) is 0 Å². The van der Waals surface area contributed by atoms with Crippen LogP contribution in [0, 0.1) is 5.82 Å². The van der Waals surface area contributed by atoms with Crippen molar-refractivity contribution < 1.29 is 18.7 Å². The number of ether oxygens (including phenoxy) is 2. The van der Waals surface area contributed by atoms with E-state index in [4.69, 9.17) is 9.47 Å². The average Bonchev–Trinajstić information content (AvgIpc) is 2.67. The van der Waals surface area contributed by atoms with Crippen LogP contribution in [0.4, 0.5) is 10.1 Å². The van der Waals surface area contributed by atoms with Crippen molar-refractivity contribution in [3.8, 4) is 11.5 Å². The van der Waals surface area contributed by atoms with E-state index in [9.17, 15) is 9.18 Å². The molecule has 0 fully saturated rings. The molecule has 0 aliphatic carbocycles. The van der Waals surface area contributed by atoms with Gasteiger partial charge in [-0.25, -0.2) is 4.39 Å². The molecule has 0 aromatic heterocycles. The monoisotopic (exact) mass is 365 g/mol. The minimum Gasteiger partial charge on any atom is -0.497 e. The number of hydrogen-bond acceptors (Lipinski definition) is 3. The van der Waals surface area contributed by atoms with Gasteiger partial charge in [0.05, 0.1) is 13.5 Å². The lowest BCUT2D eigenvalue weighted by Gasteiger charge is -2.10. The van der Waals surface area contributed by atoms with Gasteiger partial charge in [-0.2, -0.15) is 0 Å². The molecule has 0 heterocycles. The van der Waals surface area contributed by atoms with Crippen molar-refractivity contribution in [3.05, 3.63) is 89.7 Å². The molecule has 0 saturated carbocycles. The van der Waals surface area contributed by atoms with Gasteiger partial charge in [-0.1, -0.05) is 30.3 Å². The van der Waals surface area contributed by atoms with Crippen LogP contribution < -0.4 is 14.8 Å². The number of amides is 1. The number of carbonyl (C=O) groups excluding carboxylic acids is 1. The van der Waals surface area contributed by atoms with Crippen LogP contribution >= 0.6 is 0 Å². The van der Waals surface area contributed by atoms with Gasteiger partial charge in [-0.15, -0.1) is 0 Å². The Balaban J connectivity index is 1.58. The van der Waals surface area contributed by atoms with Gasteiger partial charge in [-0.3, -0.25) is 4.79 Å². The predicted octanol–water partition coefficient (Wildman–Crippen LogP) is 4.59. The summed E-state index contributed by atoms with van der Waals surface area (Å²) in [6.07, 6.45) is 0.242. The molecular weight excluding hydrogens is 345 g/mol. The summed E-state index contributed by atoms with van der Waals surface area (Å²) >= 11 is 0. The second kappa shape index (κ2) is 8.85. The van der Waals surface area contributed by atoms with Crippen LogP contribution in [0.15, 0.2) is 72.8 Å². The van der Waals surface area contributed by atoms with E-state index in [1.165, 1.54) is 12.1 Å². The number of anilines is 1. The van der Waals surface area contributed by atoms with Crippen LogP contribution in [0.5, 0.6) is 11.5 Å². The highest BCUT2D eigenvalue weighted by molar-refractivity contribution is 5.92. The second-order valence-electron chi connectivity index (χ2n) is 6.02. The Kier molecular flexibility index (Phi) is 6.05. The fourth-order valence-electron chi connectivity index (χ4n) is 2.63. The minimum absolute atomic E-state index is 0.134. The summed E-state index contributed by atoms with van der Waals surface area (Å²) in [5, 5.41) is 2.86. The number of carbonyl (C=O) groups is 1. The maximum atomic E-state index is 13.2. The van der Waals surface area contributed by atoms with Crippen molar-refractivity contribution in [1.82, 2.24) is 0 Å². The Bertz CT molecular complexity index is 927. The highest BCUT2D eigenvalue weighted by Crippen LogP contribution is 2.20. The first-order valence-corrected chi connectivity index (χ1v) is 8.52. The molecule has 1 N–H and O–H groups in total. The van der Waals surface area contributed by atoms with E-state index in [0.717, 1.165) is 11.1 Å². The molecule has 3 aromatic rings. The summed E-state index contributed by atoms with van der Waals surface area (Å²) < 4.78 is 24.1. The molecule has 0 aliphatic rings. The Morgan fingerprint density at radius 3 is 2.48 bits per heavy atom. The number of halogens is 1. The lowest BCUT2D eigenvalue weighted by molar-refractivity contribution is -0.115. The number of methoxy groups -OCH3 is 1. The first-order chi connectivity index (χ1) is 13.1. The maximum absolute atomic E-state index is 13.2. The summed E-state index contributed by atoms with van der Waals surface area (Å²) in [6, 6.07) is 20.8. The van der Waals surface area contributed by atoms with E-state index in [1.54, 1.807) is 43.5 Å². The van der Waals surface area contributed by atoms with E-state index >= 15 is 0 Å². The highest BCUT2D eigenvalue weighted by Gasteiger charge is 2.06. The molecular formula is C22H20FNO3. The molecule has 5 heteroatoms. The number of nitrogens with one attached hydrogen (secondary N) is 1. The Hall–Kier alpha value is -3.34. The van der Waals surface area contributed by atoms with Crippen LogP contribution in [0.3, 0.4) is 0 Å². The van der Waals surface area contributed by atoms with Crippen molar-refractivity contribution in [2.45, 2.75) is 13.0 Å². The van der Waals surface area contributed by atoms with Gasteiger partial charge in [0.15, 0.2) is 0 Å². The molecule has 0 unspecified atom stereocenters. The zero-order chi connectivity index (χ0) is 19.1. The predicted molar refractivity (Wildman–Crippen MR) is 103 cm³/mol. The first kappa shape index (κ1) is 18.5. The quantitative estimate of drug-likeness (QED) is 0.666. The van der Waals surface area contributed by atoms with E-state index in [1.807, 2.05) is 24.3 Å². The van der Waals surface area contributed by atoms with Gasteiger partial charge < -0.3 is 14.8 Å². The molecule has 4 nitrogen and oxygen atoms in total. The van der Waals surface area contributed by atoms with Crippen molar-refractivity contribution in [3.63, 3.8) is 0 Å². The number of benzene rings is 3. The Morgan fingerprint density at radius 2 is 1.67 bits per heavy atom. The summed E-state index contributed by atoms with van der Waals surface area (Å²) in [7, 11) is 1.59. The molecule has 1 amide bonds. The third kappa shape index (κ3) is 5.57. The third-order valence-corrected chi connectivity index (χ3v) is 3.91. The summed E-state index contributed by atoms with van der Waals surface area (Å²) in [5.74, 6) is 0.881. The molecule has 0 aliphatic heterocycles. The van der Waals surface area contributed by atoms with Crippen molar-refractivity contribution >= 4 is 11.6 Å². The Labute approximate surface area is 157 Å². The van der Waals surface area contributed by atoms with Gasteiger partial charge >= 0.3 is 0 Å².